The summed E-state index contributed by atoms with van der Waals surface area (Å²) in [6.45, 7) is 2.40. The number of hydrogen-bond acceptors (Lipinski definition) is 3. The zero-order valence-corrected chi connectivity index (χ0v) is 12.1. The lowest BCUT2D eigenvalue weighted by molar-refractivity contribution is 0.974. The first-order valence-corrected chi connectivity index (χ1v) is 6.37. The van der Waals surface area contributed by atoms with E-state index >= 15 is 0 Å². The zero-order chi connectivity index (χ0) is 13.4. The normalized spacial score (nSPS) is 11.0. The van der Waals surface area contributed by atoms with Crippen LogP contribution >= 0.6 is 23.2 Å². The number of nitrogens with zero attached hydrogens (tertiary/aromatic N) is 2. The van der Waals surface area contributed by atoms with Crippen LogP contribution in [0.15, 0.2) is 12.1 Å². The summed E-state index contributed by atoms with van der Waals surface area (Å²) >= 11 is 12.3. The molecule has 5 heteroatoms. The first-order valence-electron chi connectivity index (χ1n) is 5.61. The van der Waals surface area contributed by atoms with E-state index < -0.39 is 0 Å². The molecule has 0 aliphatic heterocycles. The van der Waals surface area contributed by atoms with E-state index in [1.54, 1.807) is 6.07 Å². The highest BCUT2D eigenvalue weighted by atomic mass is 35.5. The quantitative estimate of drug-likeness (QED) is 0.919. The summed E-state index contributed by atoms with van der Waals surface area (Å²) < 4.78 is 0. The van der Waals surface area contributed by atoms with E-state index in [1.807, 2.05) is 32.0 Å². The molecule has 0 aliphatic carbocycles. The maximum absolute atomic E-state index is 6.21. The predicted molar refractivity (Wildman–Crippen MR) is 78.7 cm³/mol. The van der Waals surface area contributed by atoms with E-state index in [0.717, 1.165) is 27.8 Å². The number of hydrogen-bond donors (Lipinski definition) is 1. The molecule has 0 amide bonds. The number of aromatic nitrogens is 1. The van der Waals surface area contributed by atoms with Gasteiger partial charge >= 0.3 is 0 Å². The Labute approximate surface area is 116 Å². The minimum absolute atomic E-state index is 0.390. The maximum atomic E-state index is 6.21. The monoisotopic (exact) mass is 283 g/mol. The second-order valence-corrected chi connectivity index (χ2v) is 5.26. The largest absolute Gasteiger partial charge is 0.377 e. The van der Waals surface area contributed by atoms with E-state index in [0.29, 0.717) is 16.6 Å². The molecule has 0 aliphatic rings. The Hall–Kier alpha value is -1.03. The van der Waals surface area contributed by atoms with Gasteiger partial charge in [0.05, 0.1) is 21.9 Å². The summed E-state index contributed by atoms with van der Waals surface area (Å²) in [5.41, 5.74) is 9.47. The van der Waals surface area contributed by atoms with Crippen LogP contribution < -0.4 is 10.6 Å². The molecule has 0 bridgehead atoms. The molecule has 2 aromatic rings. The third kappa shape index (κ3) is 2.14. The van der Waals surface area contributed by atoms with Crippen molar-refractivity contribution in [1.82, 2.24) is 4.98 Å². The molecule has 0 saturated carbocycles. The summed E-state index contributed by atoms with van der Waals surface area (Å²) in [7, 11) is 3.97. The van der Waals surface area contributed by atoms with E-state index in [9.17, 15) is 0 Å². The third-order valence-corrected chi connectivity index (χ3v) is 3.47. The van der Waals surface area contributed by atoms with Crippen LogP contribution in [0.1, 0.15) is 11.3 Å². The number of benzene rings is 1. The van der Waals surface area contributed by atoms with Crippen molar-refractivity contribution in [1.29, 1.82) is 0 Å². The van der Waals surface area contributed by atoms with Gasteiger partial charge in [-0.25, -0.2) is 4.98 Å². The lowest BCUT2D eigenvalue weighted by atomic mass is 10.1. The van der Waals surface area contributed by atoms with Gasteiger partial charge in [0.25, 0.3) is 0 Å². The second-order valence-electron chi connectivity index (χ2n) is 4.41. The second kappa shape index (κ2) is 4.92. The van der Waals surface area contributed by atoms with Crippen LogP contribution in [-0.2, 0) is 6.54 Å². The Morgan fingerprint density at radius 3 is 2.50 bits per heavy atom. The SMILES string of the molecule is Cc1c(CN)nc2c(Cl)cc(Cl)cc2c1N(C)C. The molecule has 2 N–H and O–H groups in total. The molecule has 1 aromatic carbocycles. The van der Waals surface area contributed by atoms with Gasteiger partial charge in [-0.2, -0.15) is 0 Å². The van der Waals surface area contributed by atoms with E-state index in [2.05, 4.69) is 4.98 Å². The third-order valence-electron chi connectivity index (χ3n) is 2.96. The van der Waals surface area contributed by atoms with E-state index in [1.165, 1.54) is 0 Å². The smallest absolute Gasteiger partial charge is 0.0914 e. The van der Waals surface area contributed by atoms with Crippen molar-refractivity contribution in [3.63, 3.8) is 0 Å². The fourth-order valence-electron chi connectivity index (χ4n) is 2.19. The van der Waals surface area contributed by atoms with Crippen LogP contribution in [0.3, 0.4) is 0 Å². The van der Waals surface area contributed by atoms with Gasteiger partial charge in [0, 0.05) is 31.0 Å². The summed E-state index contributed by atoms with van der Waals surface area (Å²) in [4.78, 5) is 6.57. The molecule has 0 radical (unpaired) electrons. The molecule has 18 heavy (non-hydrogen) atoms. The fourth-order valence-corrected chi connectivity index (χ4v) is 2.73. The Bertz CT molecular complexity index is 609. The highest BCUT2D eigenvalue weighted by molar-refractivity contribution is 6.38. The maximum Gasteiger partial charge on any atom is 0.0914 e. The lowest BCUT2D eigenvalue weighted by Crippen LogP contribution is -2.14. The van der Waals surface area contributed by atoms with Crippen molar-refractivity contribution in [3.8, 4) is 0 Å². The van der Waals surface area contributed by atoms with Crippen molar-refractivity contribution in [2.24, 2.45) is 5.73 Å². The molecule has 0 saturated heterocycles. The van der Waals surface area contributed by atoms with Gasteiger partial charge in [0.15, 0.2) is 0 Å². The topological polar surface area (TPSA) is 42.1 Å². The van der Waals surface area contributed by atoms with Crippen LogP contribution in [0.2, 0.25) is 10.0 Å². The average Bonchev–Trinajstić information content (AvgIpc) is 2.27. The van der Waals surface area contributed by atoms with Gasteiger partial charge in [-0.15, -0.1) is 0 Å². The van der Waals surface area contributed by atoms with Crippen molar-refractivity contribution in [2.45, 2.75) is 13.5 Å². The summed E-state index contributed by atoms with van der Waals surface area (Å²) in [6.07, 6.45) is 0. The number of halogens is 2. The molecule has 1 aromatic heterocycles. The van der Waals surface area contributed by atoms with E-state index in [-0.39, 0.29) is 0 Å². The van der Waals surface area contributed by atoms with Gasteiger partial charge < -0.3 is 10.6 Å². The summed E-state index contributed by atoms with van der Waals surface area (Å²) in [5.74, 6) is 0. The molecule has 0 atom stereocenters. The van der Waals surface area contributed by atoms with Gasteiger partial charge in [-0.05, 0) is 24.6 Å². The van der Waals surface area contributed by atoms with Gasteiger partial charge in [0.1, 0.15) is 0 Å². The Kier molecular flexibility index (Phi) is 3.66. The highest BCUT2D eigenvalue weighted by Crippen LogP contribution is 2.35. The van der Waals surface area contributed by atoms with E-state index in [4.69, 9.17) is 28.9 Å². The summed E-state index contributed by atoms with van der Waals surface area (Å²) in [5, 5.41) is 2.11. The van der Waals surface area contributed by atoms with Crippen LogP contribution in [0, 0.1) is 6.92 Å². The Balaban J connectivity index is 2.95. The Morgan fingerprint density at radius 2 is 1.94 bits per heavy atom. The number of rotatable bonds is 2. The van der Waals surface area contributed by atoms with Crippen molar-refractivity contribution in [3.05, 3.63) is 33.4 Å². The molecule has 0 spiro atoms. The molecule has 3 nitrogen and oxygen atoms in total. The van der Waals surface area contributed by atoms with Crippen molar-refractivity contribution < 1.29 is 0 Å². The van der Waals surface area contributed by atoms with Crippen molar-refractivity contribution >= 4 is 39.8 Å². The Morgan fingerprint density at radius 1 is 1.28 bits per heavy atom. The van der Waals surface area contributed by atoms with Gasteiger partial charge in [-0.1, -0.05) is 23.2 Å². The van der Waals surface area contributed by atoms with Crippen LogP contribution in [0.4, 0.5) is 5.69 Å². The van der Waals surface area contributed by atoms with Crippen LogP contribution in [0.5, 0.6) is 0 Å². The van der Waals surface area contributed by atoms with Gasteiger partial charge in [0.2, 0.25) is 0 Å². The molecule has 0 unspecified atom stereocenters. The molecule has 0 fully saturated rings. The molecular weight excluding hydrogens is 269 g/mol. The molecule has 96 valence electrons. The van der Waals surface area contributed by atoms with Gasteiger partial charge in [-0.3, -0.25) is 0 Å². The van der Waals surface area contributed by atoms with Crippen LogP contribution in [-0.4, -0.2) is 19.1 Å². The number of anilines is 1. The van der Waals surface area contributed by atoms with Crippen LogP contribution in [0.25, 0.3) is 10.9 Å². The predicted octanol–water partition coefficient (Wildman–Crippen LogP) is 3.37. The minimum atomic E-state index is 0.390. The first-order chi connectivity index (χ1) is 8.45. The first kappa shape index (κ1) is 13.4. The number of nitrogens with two attached hydrogens (primary N) is 1. The lowest BCUT2D eigenvalue weighted by Gasteiger charge is -2.21. The summed E-state index contributed by atoms with van der Waals surface area (Å²) in [6, 6.07) is 3.59. The molecular formula is C13H15Cl2N3. The zero-order valence-electron chi connectivity index (χ0n) is 10.6. The highest BCUT2D eigenvalue weighted by Gasteiger charge is 2.15. The number of fused-ring (bicyclic) bond motifs is 1. The molecule has 1 heterocycles. The standard InChI is InChI=1S/C13H15Cl2N3/c1-7-11(6-16)17-12-9(13(7)18(2)3)4-8(14)5-10(12)15/h4-5H,6,16H2,1-3H3. The fraction of sp³-hybridized carbons (Fsp3) is 0.308. The number of pyridine rings is 1. The average molecular weight is 284 g/mol. The molecule has 2 rings (SSSR count). The minimum Gasteiger partial charge on any atom is -0.377 e. The van der Waals surface area contributed by atoms with Crippen molar-refractivity contribution in [2.75, 3.05) is 19.0 Å².